The molecule has 0 radical (unpaired) electrons. The number of methoxy groups -OCH3 is 1. The van der Waals surface area contributed by atoms with Crippen LogP contribution in [0.5, 0.6) is 5.75 Å². The van der Waals surface area contributed by atoms with Gasteiger partial charge in [-0.25, -0.2) is 16.8 Å². The third-order valence-corrected chi connectivity index (χ3v) is 8.49. The number of fused-ring (bicyclic) bond motifs is 3. The lowest BCUT2D eigenvalue weighted by Gasteiger charge is -2.11. The third kappa shape index (κ3) is 5.38. The van der Waals surface area contributed by atoms with E-state index in [2.05, 4.69) is 36.8 Å². The number of aryl methyl sites for hydroxylation is 1. The summed E-state index contributed by atoms with van der Waals surface area (Å²) in [7, 11) is -2.44. The summed E-state index contributed by atoms with van der Waals surface area (Å²) in [5.41, 5.74) is 3.88. The van der Waals surface area contributed by atoms with Crippen LogP contribution in [0.4, 0.5) is 4.39 Å². The molecular formula is C29H23Br2FN2O4S. The van der Waals surface area contributed by atoms with E-state index in [4.69, 9.17) is 9.47 Å². The number of pyridine rings is 1. The fourth-order valence-corrected chi connectivity index (χ4v) is 6.45. The van der Waals surface area contributed by atoms with Crippen molar-refractivity contribution in [3.8, 4) is 5.75 Å². The van der Waals surface area contributed by atoms with Crippen LogP contribution in [0.25, 0.3) is 27.9 Å². The van der Waals surface area contributed by atoms with Crippen LogP contribution in [-0.2, 0) is 28.0 Å². The molecule has 5 rings (SSSR count). The van der Waals surface area contributed by atoms with Crippen LogP contribution >= 0.6 is 31.9 Å². The molecule has 0 aliphatic heterocycles. The molecule has 3 aromatic carbocycles. The van der Waals surface area contributed by atoms with E-state index in [9.17, 15) is 12.8 Å². The van der Waals surface area contributed by atoms with Crippen LogP contribution in [0.2, 0.25) is 0 Å². The average Bonchev–Trinajstić information content (AvgIpc) is 3.26. The maximum absolute atomic E-state index is 14.1. The molecule has 0 amide bonds. The molecule has 0 saturated heterocycles. The van der Waals surface area contributed by atoms with Gasteiger partial charge in [-0.2, -0.15) is 0 Å². The molecule has 0 fully saturated rings. The van der Waals surface area contributed by atoms with Crippen molar-refractivity contribution >= 4 is 69.8 Å². The molecule has 0 aliphatic carbocycles. The average molecular weight is 674 g/mol. The maximum Gasteiger partial charge on any atom is 0.268 e. The van der Waals surface area contributed by atoms with E-state index in [0.29, 0.717) is 42.2 Å². The van der Waals surface area contributed by atoms with Crippen molar-refractivity contribution in [3.63, 3.8) is 0 Å². The summed E-state index contributed by atoms with van der Waals surface area (Å²) in [6.45, 7) is 2.25. The van der Waals surface area contributed by atoms with Gasteiger partial charge in [0.05, 0.1) is 43.2 Å². The van der Waals surface area contributed by atoms with Gasteiger partial charge in [-0.05, 0) is 86.8 Å². The molecule has 10 heteroatoms. The van der Waals surface area contributed by atoms with Crippen LogP contribution in [0.15, 0.2) is 81.2 Å². The Balaban J connectivity index is 1.82. The van der Waals surface area contributed by atoms with E-state index in [1.807, 2.05) is 6.92 Å². The first kappa shape index (κ1) is 27.5. The molecule has 0 saturated carbocycles. The van der Waals surface area contributed by atoms with Crippen molar-refractivity contribution in [2.24, 2.45) is 0 Å². The highest BCUT2D eigenvalue weighted by molar-refractivity contribution is 9.28. The largest absolute Gasteiger partial charge is 0.488 e. The first-order valence-corrected chi connectivity index (χ1v) is 14.9. The van der Waals surface area contributed by atoms with E-state index in [0.717, 1.165) is 11.1 Å². The molecule has 0 bridgehead atoms. The molecule has 6 nitrogen and oxygen atoms in total. The molecule has 0 unspecified atom stereocenters. The Hall–Kier alpha value is -3.05. The Bertz CT molecular complexity index is 1810. The van der Waals surface area contributed by atoms with Crippen LogP contribution in [0.1, 0.15) is 22.4 Å². The summed E-state index contributed by atoms with van der Waals surface area (Å²) < 4.78 is 55.4. The normalized spacial score (nSPS) is 11.7. The minimum atomic E-state index is -4.02. The fraction of sp³-hybridized carbons (Fsp3) is 0.138. The van der Waals surface area contributed by atoms with Gasteiger partial charge in [-0.1, -0.05) is 35.9 Å². The van der Waals surface area contributed by atoms with Crippen molar-refractivity contribution in [2.45, 2.75) is 25.0 Å². The minimum absolute atomic E-state index is 0.157. The summed E-state index contributed by atoms with van der Waals surface area (Å²) in [5, 5.41) is 1.26. The van der Waals surface area contributed by atoms with Crippen molar-refractivity contribution in [2.75, 3.05) is 7.11 Å². The molecule has 5 aromatic rings. The lowest BCUT2D eigenvalue weighted by molar-refractivity contribution is 0.185. The SMILES string of the molecule is COCc1c(C=C(Br)Br)ncc2c1c1c(OCc3ccc(F)cc3)cccc1n2S(=O)(=O)c1ccc(C)cc1. The van der Waals surface area contributed by atoms with Crippen LogP contribution < -0.4 is 4.74 Å². The second-order valence-electron chi connectivity index (χ2n) is 8.90. The number of nitrogens with zero attached hydrogens (tertiary/aromatic N) is 2. The summed E-state index contributed by atoms with van der Waals surface area (Å²) in [6.07, 6.45) is 3.34. The van der Waals surface area contributed by atoms with Gasteiger partial charge in [0.2, 0.25) is 0 Å². The first-order valence-electron chi connectivity index (χ1n) is 11.9. The van der Waals surface area contributed by atoms with Crippen molar-refractivity contribution in [3.05, 3.63) is 105 Å². The highest BCUT2D eigenvalue weighted by atomic mass is 79.9. The van der Waals surface area contributed by atoms with Crippen LogP contribution in [0, 0.1) is 12.7 Å². The van der Waals surface area contributed by atoms with Gasteiger partial charge in [0.25, 0.3) is 10.0 Å². The summed E-state index contributed by atoms with van der Waals surface area (Å²) in [4.78, 5) is 4.75. The third-order valence-electron chi connectivity index (χ3n) is 6.29. The number of rotatable bonds is 8. The van der Waals surface area contributed by atoms with Crippen molar-refractivity contribution in [1.82, 2.24) is 8.96 Å². The maximum atomic E-state index is 14.1. The summed E-state index contributed by atoms with van der Waals surface area (Å²) in [6, 6.07) is 18.1. The number of hydrogen-bond acceptors (Lipinski definition) is 5. The van der Waals surface area contributed by atoms with Crippen molar-refractivity contribution in [1.29, 1.82) is 0 Å². The van der Waals surface area contributed by atoms with E-state index in [1.54, 1.807) is 74.0 Å². The highest BCUT2D eigenvalue weighted by Crippen LogP contribution is 2.41. The fourth-order valence-electron chi connectivity index (χ4n) is 4.51. The molecule has 2 heterocycles. The summed E-state index contributed by atoms with van der Waals surface area (Å²) >= 11 is 6.80. The zero-order valence-corrected chi connectivity index (χ0v) is 25.0. The lowest BCUT2D eigenvalue weighted by Crippen LogP contribution is -2.13. The zero-order valence-electron chi connectivity index (χ0n) is 21.0. The van der Waals surface area contributed by atoms with Crippen LogP contribution in [-0.4, -0.2) is 24.5 Å². The second kappa shape index (κ2) is 11.2. The van der Waals surface area contributed by atoms with Gasteiger partial charge < -0.3 is 9.47 Å². The Labute approximate surface area is 242 Å². The quantitative estimate of drug-likeness (QED) is 0.169. The Morgan fingerprint density at radius 2 is 1.69 bits per heavy atom. The van der Waals surface area contributed by atoms with Gasteiger partial charge in [-0.3, -0.25) is 4.98 Å². The topological polar surface area (TPSA) is 70.4 Å². The number of aromatic nitrogens is 2. The Kier molecular flexibility index (Phi) is 7.91. The second-order valence-corrected chi connectivity index (χ2v) is 13.5. The molecule has 200 valence electrons. The van der Waals surface area contributed by atoms with Gasteiger partial charge in [0, 0.05) is 18.1 Å². The van der Waals surface area contributed by atoms with E-state index >= 15 is 0 Å². The van der Waals surface area contributed by atoms with Gasteiger partial charge in [0.15, 0.2) is 0 Å². The Morgan fingerprint density at radius 3 is 2.36 bits per heavy atom. The monoisotopic (exact) mass is 672 g/mol. The molecular weight excluding hydrogens is 651 g/mol. The molecule has 0 spiro atoms. The number of hydrogen-bond donors (Lipinski definition) is 0. The smallest absolute Gasteiger partial charge is 0.268 e. The van der Waals surface area contributed by atoms with E-state index in [-0.39, 0.29) is 23.9 Å². The molecule has 0 aliphatic rings. The van der Waals surface area contributed by atoms with Gasteiger partial charge >= 0.3 is 0 Å². The van der Waals surface area contributed by atoms with E-state index in [1.165, 1.54) is 16.1 Å². The molecule has 0 N–H and O–H groups in total. The van der Waals surface area contributed by atoms with Crippen molar-refractivity contribution < 1.29 is 22.3 Å². The standard InChI is InChI=1S/C29H23Br2FN2O4S/c1-18-6-12-21(13-7-18)39(35,36)34-24-4-3-5-26(38-16-19-8-10-20(32)11-9-19)29(24)28-22(17-37-2)23(14-27(30)31)33-15-25(28)34/h3-15H,16-17H2,1-2H3. The molecule has 0 atom stereocenters. The number of ether oxygens (including phenoxy) is 2. The molecule has 39 heavy (non-hydrogen) atoms. The van der Waals surface area contributed by atoms with E-state index < -0.39 is 10.0 Å². The molecule has 2 aromatic heterocycles. The number of benzene rings is 3. The zero-order chi connectivity index (χ0) is 27.7. The number of halogens is 3. The first-order chi connectivity index (χ1) is 18.7. The predicted molar refractivity (Wildman–Crippen MR) is 158 cm³/mol. The minimum Gasteiger partial charge on any atom is -0.488 e. The van der Waals surface area contributed by atoms with Gasteiger partial charge in [0.1, 0.15) is 18.2 Å². The highest BCUT2D eigenvalue weighted by Gasteiger charge is 2.27. The Morgan fingerprint density at radius 1 is 0.974 bits per heavy atom. The summed E-state index contributed by atoms with van der Waals surface area (Å²) in [5.74, 6) is 0.150. The predicted octanol–water partition coefficient (Wildman–Crippen LogP) is 7.69. The lowest BCUT2D eigenvalue weighted by atomic mass is 10.1. The van der Waals surface area contributed by atoms with Gasteiger partial charge in [-0.15, -0.1) is 0 Å². The van der Waals surface area contributed by atoms with Crippen LogP contribution in [0.3, 0.4) is 0 Å².